The number of amidine groups is 1. The Morgan fingerprint density at radius 3 is 2.58 bits per heavy atom. The van der Waals surface area contributed by atoms with E-state index in [1.54, 1.807) is 36.4 Å². The van der Waals surface area contributed by atoms with E-state index in [1.807, 2.05) is 54.6 Å². The quantitative estimate of drug-likeness (QED) is 0.464. The predicted octanol–water partition coefficient (Wildman–Crippen LogP) is 5.53. The number of aliphatic imine (C=N–C) groups is 1. The third-order valence-electron chi connectivity index (χ3n) is 5.96. The maximum atomic E-state index is 12.8. The lowest BCUT2D eigenvalue weighted by Gasteiger charge is -2.24. The van der Waals surface area contributed by atoms with Crippen LogP contribution in [0.1, 0.15) is 30.0 Å². The Labute approximate surface area is 218 Å². The molecule has 5 rings (SSSR count). The molecule has 9 heteroatoms. The van der Waals surface area contributed by atoms with Crippen LogP contribution in [0.25, 0.3) is 0 Å². The number of carbonyl (C=O) groups excluding carboxylic acids is 2. The molecular weight excluding hydrogens is 496 g/mol. The SMILES string of the molecule is COc1ccccc1[C@H]1CC(c2ccccc2)=NN1C1=NC(=O)[C@H](CC(=O)Nc2ccccc2Cl)S1. The zero-order chi connectivity index (χ0) is 25.1. The number of nitrogens with one attached hydrogen (secondary N) is 1. The summed E-state index contributed by atoms with van der Waals surface area (Å²) in [7, 11) is 1.64. The molecule has 0 bridgehead atoms. The number of hydrogen-bond donors (Lipinski definition) is 1. The maximum Gasteiger partial charge on any atom is 0.262 e. The smallest absolute Gasteiger partial charge is 0.262 e. The average Bonchev–Trinajstić information content (AvgIpc) is 3.50. The molecule has 2 amide bonds. The lowest BCUT2D eigenvalue weighted by molar-refractivity contribution is -0.121. The minimum absolute atomic E-state index is 0.0237. The van der Waals surface area contributed by atoms with Crippen LogP contribution in [-0.4, -0.2) is 40.1 Å². The van der Waals surface area contributed by atoms with Gasteiger partial charge in [0.2, 0.25) is 5.91 Å². The molecule has 0 saturated carbocycles. The van der Waals surface area contributed by atoms with E-state index in [1.165, 1.54) is 11.8 Å². The van der Waals surface area contributed by atoms with Gasteiger partial charge >= 0.3 is 0 Å². The van der Waals surface area contributed by atoms with Crippen molar-refractivity contribution in [2.75, 3.05) is 12.4 Å². The van der Waals surface area contributed by atoms with Gasteiger partial charge in [-0.15, -0.1) is 0 Å². The van der Waals surface area contributed by atoms with E-state index in [4.69, 9.17) is 21.4 Å². The van der Waals surface area contributed by atoms with Crippen LogP contribution in [0.4, 0.5) is 5.69 Å². The van der Waals surface area contributed by atoms with Gasteiger partial charge < -0.3 is 10.1 Å². The van der Waals surface area contributed by atoms with E-state index in [9.17, 15) is 9.59 Å². The normalized spacial score (nSPS) is 19.2. The van der Waals surface area contributed by atoms with E-state index >= 15 is 0 Å². The molecule has 2 aliphatic rings. The number of carbonyl (C=O) groups is 2. The van der Waals surface area contributed by atoms with Crippen molar-refractivity contribution in [3.63, 3.8) is 0 Å². The zero-order valence-corrected chi connectivity index (χ0v) is 21.0. The lowest BCUT2D eigenvalue weighted by Crippen LogP contribution is -2.25. The number of methoxy groups -OCH3 is 1. The van der Waals surface area contributed by atoms with E-state index in [-0.39, 0.29) is 24.3 Å². The van der Waals surface area contributed by atoms with Crippen LogP contribution in [0.2, 0.25) is 5.02 Å². The summed E-state index contributed by atoms with van der Waals surface area (Å²) >= 11 is 7.40. The minimum atomic E-state index is -0.642. The second kappa shape index (κ2) is 10.6. The molecule has 0 aromatic heterocycles. The fraction of sp³-hybridized carbons (Fsp3) is 0.185. The molecule has 1 N–H and O–H groups in total. The summed E-state index contributed by atoms with van der Waals surface area (Å²) in [4.78, 5) is 29.8. The highest BCUT2D eigenvalue weighted by molar-refractivity contribution is 8.15. The fourth-order valence-electron chi connectivity index (χ4n) is 4.21. The number of nitrogens with zero attached hydrogens (tertiary/aromatic N) is 3. The lowest BCUT2D eigenvalue weighted by atomic mass is 9.98. The molecule has 7 nitrogen and oxygen atoms in total. The Balaban J connectivity index is 1.38. The van der Waals surface area contributed by atoms with Crippen LogP contribution >= 0.6 is 23.4 Å². The van der Waals surface area contributed by atoms with E-state index in [2.05, 4.69) is 10.3 Å². The van der Waals surface area contributed by atoms with Crippen LogP contribution < -0.4 is 10.1 Å². The molecule has 3 aromatic rings. The molecule has 0 spiro atoms. The summed E-state index contributed by atoms with van der Waals surface area (Å²) in [6, 6.07) is 24.5. The van der Waals surface area contributed by atoms with Gasteiger partial charge in [-0.05, 0) is 23.8 Å². The summed E-state index contributed by atoms with van der Waals surface area (Å²) in [5, 5.41) is 9.70. The Morgan fingerprint density at radius 1 is 1.08 bits per heavy atom. The molecule has 0 fully saturated rings. The first-order chi connectivity index (χ1) is 17.5. The van der Waals surface area contributed by atoms with Crippen molar-refractivity contribution in [2.45, 2.75) is 24.1 Å². The maximum absolute atomic E-state index is 12.8. The number of amides is 2. The van der Waals surface area contributed by atoms with Gasteiger partial charge in [0.05, 0.1) is 29.6 Å². The summed E-state index contributed by atoms with van der Waals surface area (Å²) in [5.41, 5.74) is 3.35. The molecule has 36 heavy (non-hydrogen) atoms. The van der Waals surface area contributed by atoms with Gasteiger partial charge in [-0.25, -0.2) is 5.01 Å². The van der Waals surface area contributed by atoms with Gasteiger partial charge in [-0.2, -0.15) is 10.1 Å². The predicted molar refractivity (Wildman–Crippen MR) is 144 cm³/mol. The molecule has 0 saturated heterocycles. The molecule has 0 aliphatic carbocycles. The van der Waals surface area contributed by atoms with Crippen LogP contribution in [0.15, 0.2) is 89.0 Å². The van der Waals surface area contributed by atoms with Crippen LogP contribution in [0, 0.1) is 0 Å². The van der Waals surface area contributed by atoms with Crippen molar-refractivity contribution in [3.05, 3.63) is 95.0 Å². The second-order valence-corrected chi connectivity index (χ2v) is 9.87. The van der Waals surface area contributed by atoms with Crippen molar-refractivity contribution >= 4 is 51.7 Å². The van der Waals surface area contributed by atoms with Gasteiger partial charge in [0.25, 0.3) is 5.91 Å². The molecule has 2 atom stereocenters. The molecule has 0 radical (unpaired) electrons. The number of anilines is 1. The highest BCUT2D eigenvalue weighted by Crippen LogP contribution is 2.41. The zero-order valence-electron chi connectivity index (χ0n) is 19.4. The third-order valence-corrected chi connectivity index (χ3v) is 7.43. The molecule has 3 aromatic carbocycles. The van der Waals surface area contributed by atoms with Crippen molar-refractivity contribution in [2.24, 2.45) is 10.1 Å². The largest absolute Gasteiger partial charge is 0.496 e. The fourth-order valence-corrected chi connectivity index (χ4v) is 5.46. The highest BCUT2D eigenvalue weighted by Gasteiger charge is 2.40. The molecule has 182 valence electrons. The highest BCUT2D eigenvalue weighted by atomic mass is 35.5. The molecular formula is C27H23ClN4O3S. The third kappa shape index (κ3) is 5.01. The number of ether oxygens (including phenoxy) is 1. The van der Waals surface area contributed by atoms with E-state index < -0.39 is 5.25 Å². The standard InChI is InChI=1S/C27H23ClN4O3S/c1-35-23-14-8-5-11-18(23)22-15-21(17-9-3-2-4-10-17)31-32(22)27-30-26(34)24(36-27)16-25(33)29-20-13-7-6-12-19(20)28/h2-14,22,24H,15-16H2,1H3,(H,29,33)/t22-,24+/m1/s1. The van der Waals surface area contributed by atoms with Crippen molar-refractivity contribution in [3.8, 4) is 5.75 Å². The van der Waals surface area contributed by atoms with Crippen molar-refractivity contribution < 1.29 is 14.3 Å². The molecule has 2 heterocycles. The molecule has 0 unspecified atom stereocenters. The van der Waals surface area contributed by atoms with E-state index in [0.29, 0.717) is 22.3 Å². The van der Waals surface area contributed by atoms with Gasteiger partial charge in [0, 0.05) is 18.4 Å². The number of thioether (sulfide) groups is 1. The minimum Gasteiger partial charge on any atom is -0.496 e. The van der Waals surface area contributed by atoms with Crippen LogP contribution in [-0.2, 0) is 9.59 Å². The Kier molecular flexibility index (Phi) is 7.06. The first-order valence-electron chi connectivity index (χ1n) is 11.4. The topological polar surface area (TPSA) is 83.4 Å². The van der Waals surface area contributed by atoms with Crippen molar-refractivity contribution in [1.29, 1.82) is 0 Å². The monoisotopic (exact) mass is 518 g/mol. The first-order valence-corrected chi connectivity index (χ1v) is 12.7. The number of para-hydroxylation sites is 2. The number of hydrazone groups is 1. The second-order valence-electron chi connectivity index (χ2n) is 8.29. The van der Waals surface area contributed by atoms with Crippen LogP contribution in [0.3, 0.4) is 0 Å². The summed E-state index contributed by atoms with van der Waals surface area (Å²) in [6.07, 6.45) is 0.597. The summed E-state index contributed by atoms with van der Waals surface area (Å²) in [6.45, 7) is 0. The number of benzene rings is 3. The van der Waals surface area contributed by atoms with Gasteiger partial charge in [-0.3, -0.25) is 9.59 Å². The number of rotatable bonds is 6. The van der Waals surface area contributed by atoms with E-state index in [0.717, 1.165) is 22.6 Å². The average molecular weight is 519 g/mol. The van der Waals surface area contributed by atoms with Gasteiger partial charge in [0.15, 0.2) is 5.17 Å². The summed E-state index contributed by atoms with van der Waals surface area (Å²) < 4.78 is 5.62. The first kappa shape index (κ1) is 24.1. The van der Waals surface area contributed by atoms with Gasteiger partial charge in [-0.1, -0.05) is 84.0 Å². The summed E-state index contributed by atoms with van der Waals surface area (Å²) in [5.74, 6) is 0.0793. The Bertz CT molecular complexity index is 1360. The van der Waals surface area contributed by atoms with Crippen molar-refractivity contribution in [1.82, 2.24) is 5.01 Å². The van der Waals surface area contributed by atoms with Crippen LogP contribution in [0.5, 0.6) is 5.75 Å². The molecule has 2 aliphatic heterocycles. The number of hydrogen-bond acceptors (Lipinski definition) is 6. The Morgan fingerprint density at radius 2 is 1.81 bits per heavy atom. The van der Waals surface area contributed by atoms with Gasteiger partial charge in [0.1, 0.15) is 11.0 Å². The Hall–Kier alpha value is -3.62. The number of halogens is 1.